The number of aromatic nitrogens is 4. The Hall–Kier alpha value is -3.54. The van der Waals surface area contributed by atoms with Crippen LogP contribution in [0.15, 0.2) is 35.4 Å². The van der Waals surface area contributed by atoms with Gasteiger partial charge in [-0.3, -0.25) is 9.59 Å². The summed E-state index contributed by atoms with van der Waals surface area (Å²) in [5.74, 6) is -2.63. The molecule has 5 rings (SSSR count). The fourth-order valence-corrected chi connectivity index (χ4v) is 3.62. The van der Waals surface area contributed by atoms with E-state index >= 15 is 0 Å². The number of amides is 1. The molecule has 2 aliphatic rings. The molecule has 0 aliphatic heterocycles. The van der Waals surface area contributed by atoms with Crippen molar-refractivity contribution in [2.75, 3.05) is 17.7 Å². The number of carbonyl (C=O) groups is 1. The fraction of sp³-hybridized carbons (Fsp3) is 0.429. The van der Waals surface area contributed by atoms with Crippen LogP contribution in [-0.4, -0.2) is 49.3 Å². The van der Waals surface area contributed by atoms with E-state index in [-0.39, 0.29) is 41.7 Å². The molecule has 0 bridgehead atoms. The van der Waals surface area contributed by atoms with E-state index in [0.717, 1.165) is 12.8 Å². The fourth-order valence-electron chi connectivity index (χ4n) is 3.62. The zero-order chi connectivity index (χ0) is 23.8. The van der Waals surface area contributed by atoms with E-state index in [0.29, 0.717) is 5.82 Å². The van der Waals surface area contributed by atoms with E-state index in [1.54, 1.807) is 19.2 Å². The van der Waals surface area contributed by atoms with Crippen LogP contribution in [0.25, 0.3) is 5.65 Å². The number of pyridine rings is 1. The van der Waals surface area contributed by atoms with Gasteiger partial charge in [-0.25, -0.2) is 13.8 Å². The quantitative estimate of drug-likeness (QED) is 0.457. The Kier molecular flexibility index (Phi) is 6.02. The molecule has 0 atom stereocenters. The molecule has 0 unspecified atom stereocenters. The first-order chi connectivity index (χ1) is 15.7. The predicted molar refractivity (Wildman–Crippen MR) is 118 cm³/mol. The Morgan fingerprint density at radius 1 is 1.33 bits per heavy atom. The normalized spacial score (nSPS) is 17.5. The number of nitrogens with two attached hydrogens (primary N) is 1. The second-order valence-corrected chi connectivity index (χ2v) is 8.20. The van der Waals surface area contributed by atoms with Gasteiger partial charge in [0.2, 0.25) is 0 Å². The molecule has 2 saturated carbocycles. The molecule has 0 saturated heterocycles. The molecule has 1 amide bonds. The number of halogens is 2. The van der Waals surface area contributed by atoms with Crippen LogP contribution in [0, 0.1) is 0 Å². The van der Waals surface area contributed by atoms with Crippen LogP contribution in [-0.2, 0) is 0 Å². The maximum absolute atomic E-state index is 13.2. The van der Waals surface area contributed by atoms with Gasteiger partial charge in [-0.15, -0.1) is 0 Å². The molecule has 33 heavy (non-hydrogen) atoms. The number of primary amides is 1. The number of aliphatic hydroxyl groups excluding tert-OH is 1. The first-order valence-corrected chi connectivity index (χ1v) is 10.6. The van der Waals surface area contributed by atoms with Crippen LogP contribution >= 0.6 is 0 Å². The molecule has 10 nitrogen and oxygen atoms in total. The van der Waals surface area contributed by atoms with E-state index in [2.05, 4.69) is 20.7 Å². The van der Waals surface area contributed by atoms with E-state index < -0.39 is 23.4 Å². The van der Waals surface area contributed by atoms with E-state index in [1.807, 2.05) is 0 Å². The van der Waals surface area contributed by atoms with Crippen LogP contribution in [0.1, 0.15) is 48.5 Å². The van der Waals surface area contributed by atoms with Crippen molar-refractivity contribution in [2.24, 2.45) is 5.73 Å². The molecule has 12 heteroatoms. The lowest BCUT2D eigenvalue weighted by Crippen LogP contribution is -2.41. The summed E-state index contributed by atoms with van der Waals surface area (Å²) in [6.45, 7) is 0. The summed E-state index contributed by atoms with van der Waals surface area (Å²) < 4.78 is 29.0. The van der Waals surface area contributed by atoms with E-state index in [4.69, 9.17) is 10.8 Å². The van der Waals surface area contributed by atoms with Gasteiger partial charge in [0, 0.05) is 38.2 Å². The number of nitrogens with one attached hydrogen (secondary N) is 2. The number of nitrogens with zero attached hydrogens (tertiary/aromatic N) is 4. The van der Waals surface area contributed by atoms with Crippen LogP contribution in [0.4, 0.5) is 26.1 Å². The van der Waals surface area contributed by atoms with Crippen LogP contribution in [0.3, 0.4) is 0 Å². The molecular weight excluding hydrogens is 436 g/mol. The lowest BCUT2D eigenvalue weighted by molar-refractivity contribution is -0.104. The second-order valence-electron chi connectivity index (χ2n) is 8.20. The van der Waals surface area contributed by atoms with E-state index in [1.165, 1.54) is 34.0 Å². The van der Waals surface area contributed by atoms with Gasteiger partial charge in [0.05, 0.1) is 12.3 Å². The Balaban J connectivity index is 0.000000459. The molecule has 3 heterocycles. The molecule has 2 aliphatic carbocycles. The Morgan fingerprint density at radius 3 is 2.58 bits per heavy atom. The highest BCUT2D eigenvalue weighted by Gasteiger charge is 2.46. The number of alkyl halides is 2. The Bertz CT molecular complexity index is 1230. The Labute approximate surface area is 187 Å². The van der Waals surface area contributed by atoms with Crippen molar-refractivity contribution in [1.29, 1.82) is 0 Å². The second kappa shape index (κ2) is 8.77. The summed E-state index contributed by atoms with van der Waals surface area (Å²) in [7, 11) is 1.66. The van der Waals surface area contributed by atoms with Gasteiger partial charge in [0.15, 0.2) is 5.65 Å². The van der Waals surface area contributed by atoms with Gasteiger partial charge in [-0.2, -0.15) is 9.61 Å². The number of aliphatic hydroxyl groups is 1. The molecule has 3 aromatic heterocycles. The lowest BCUT2D eigenvalue weighted by Gasteiger charge is -2.36. The number of fused-ring (bicyclic) bond motifs is 1. The smallest absolute Gasteiger partial charge is 0.274 e. The topological polar surface area (TPSA) is 140 Å². The number of rotatable bonds is 5. The SMILES string of the molecule is CNc1cc(Nc2cccn(C3CC(F)(F)C3)c2=O)nc2c(C(N)=O)cnn12.OC1CCC1. The largest absolute Gasteiger partial charge is 0.393 e. The molecular formula is C21H25F2N7O3. The van der Waals surface area contributed by atoms with Gasteiger partial charge in [0.1, 0.15) is 22.9 Å². The van der Waals surface area contributed by atoms with Crippen molar-refractivity contribution >= 4 is 28.9 Å². The number of hydrogen-bond acceptors (Lipinski definition) is 7. The van der Waals surface area contributed by atoms with Gasteiger partial charge in [-0.1, -0.05) is 0 Å². The maximum atomic E-state index is 13.2. The summed E-state index contributed by atoms with van der Waals surface area (Å²) in [5.41, 5.74) is 5.44. The molecule has 0 radical (unpaired) electrons. The third kappa shape index (κ3) is 4.65. The molecule has 3 aromatic rings. The summed E-state index contributed by atoms with van der Waals surface area (Å²) in [5, 5.41) is 18.3. The molecule has 176 valence electrons. The highest BCUT2D eigenvalue weighted by Crippen LogP contribution is 2.44. The average Bonchev–Trinajstić information content (AvgIpc) is 3.16. The monoisotopic (exact) mass is 461 g/mol. The first kappa shape index (κ1) is 22.6. The highest BCUT2D eigenvalue weighted by molar-refractivity contribution is 5.98. The van der Waals surface area contributed by atoms with Crippen molar-refractivity contribution in [3.05, 3.63) is 46.5 Å². The summed E-state index contributed by atoms with van der Waals surface area (Å²) in [6, 6.07) is 4.19. The van der Waals surface area contributed by atoms with Crippen LogP contribution in [0.5, 0.6) is 0 Å². The third-order valence-electron chi connectivity index (χ3n) is 5.77. The van der Waals surface area contributed by atoms with Crippen LogP contribution < -0.4 is 21.9 Å². The van der Waals surface area contributed by atoms with Gasteiger partial charge in [0.25, 0.3) is 17.4 Å². The van der Waals surface area contributed by atoms with Crippen molar-refractivity contribution in [3.8, 4) is 0 Å². The maximum Gasteiger partial charge on any atom is 0.274 e. The summed E-state index contributed by atoms with van der Waals surface area (Å²) in [4.78, 5) is 28.6. The minimum Gasteiger partial charge on any atom is -0.393 e. The minimum atomic E-state index is -2.73. The van der Waals surface area contributed by atoms with Gasteiger partial charge < -0.3 is 26.0 Å². The van der Waals surface area contributed by atoms with Gasteiger partial charge >= 0.3 is 0 Å². The van der Waals surface area contributed by atoms with Gasteiger partial charge in [-0.05, 0) is 31.4 Å². The molecule has 0 spiro atoms. The number of hydrogen-bond donors (Lipinski definition) is 4. The average molecular weight is 461 g/mol. The standard InChI is InChI=1S/C17H17F2N7O2.C4H8O/c1-21-13-5-12(24-15-10(14(20)27)8-22-26(13)15)23-11-3-2-4-25(16(11)28)9-6-17(18,19)7-9;5-4-2-1-3-4/h2-5,8-9,21H,6-7H2,1H3,(H2,20,27)(H,23,24);4-5H,1-3H2. The zero-order valence-corrected chi connectivity index (χ0v) is 18.0. The molecule has 0 aromatic carbocycles. The van der Waals surface area contributed by atoms with Crippen molar-refractivity contribution < 1.29 is 18.7 Å². The molecule has 2 fully saturated rings. The summed E-state index contributed by atoms with van der Waals surface area (Å²) >= 11 is 0. The van der Waals surface area contributed by atoms with Crippen molar-refractivity contribution in [2.45, 2.75) is 50.2 Å². The zero-order valence-electron chi connectivity index (χ0n) is 18.0. The molecule has 5 N–H and O–H groups in total. The van der Waals surface area contributed by atoms with Crippen molar-refractivity contribution in [1.82, 2.24) is 19.2 Å². The minimum absolute atomic E-state index is 0.0648. The number of anilines is 3. The van der Waals surface area contributed by atoms with Crippen LogP contribution in [0.2, 0.25) is 0 Å². The third-order valence-corrected chi connectivity index (χ3v) is 5.77. The number of carbonyl (C=O) groups excluding carboxylic acids is 1. The Morgan fingerprint density at radius 2 is 2.03 bits per heavy atom. The summed E-state index contributed by atoms with van der Waals surface area (Å²) in [6.07, 6.45) is 5.47. The van der Waals surface area contributed by atoms with Crippen molar-refractivity contribution in [3.63, 3.8) is 0 Å². The van der Waals surface area contributed by atoms with E-state index in [9.17, 15) is 18.4 Å². The predicted octanol–water partition coefficient (Wildman–Crippen LogP) is 2.28. The lowest BCUT2D eigenvalue weighted by atomic mass is 9.88. The first-order valence-electron chi connectivity index (χ1n) is 10.6. The highest BCUT2D eigenvalue weighted by atomic mass is 19.3.